The van der Waals surface area contributed by atoms with Crippen molar-refractivity contribution in [2.24, 2.45) is 17.4 Å². The Morgan fingerprint density at radius 1 is 1.11 bits per heavy atom. The van der Waals surface area contributed by atoms with Gasteiger partial charge in [-0.05, 0) is 25.3 Å². The maximum absolute atomic E-state index is 12.0. The van der Waals surface area contributed by atoms with Crippen molar-refractivity contribution in [2.75, 3.05) is 6.54 Å². The summed E-state index contributed by atoms with van der Waals surface area (Å²) in [5, 5.41) is 5.05. The molecule has 6 N–H and O–H groups in total. The Kier molecular flexibility index (Phi) is 7.74. The van der Waals surface area contributed by atoms with Gasteiger partial charge in [0.1, 0.15) is 12.1 Å². The lowest BCUT2D eigenvalue weighted by molar-refractivity contribution is -0.131. The largest absolute Gasteiger partial charge is 0.368 e. The number of rotatable bonds is 8. The molecule has 7 nitrogen and oxygen atoms in total. The van der Waals surface area contributed by atoms with E-state index in [-0.39, 0.29) is 18.4 Å². The fraction of sp³-hybridized carbons (Fsp3) is 0.750. The van der Waals surface area contributed by atoms with Gasteiger partial charge < -0.3 is 22.1 Å². The molecule has 0 saturated heterocycles. The standard InChI is InChI=1S/C12H24N4O3/c1-7(2)6-10(11(14)18)16-12(19)9(4-5-13)15-8(3)17/h7,9-10H,4-6,13H2,1-3H3,(H2,14,18)(H,15,17)(H,16,19). The van der Waals surface area contributed by atoms with Crippen molar-refractivity contribution >= 4 is 17.7 Å². The highest BCUT2D eigenvalue weighted by Gasteiger charge is 2.24. The van der Waals surface area contributed by atoms with Crippen molar-refractivity contribution in [3.05, 3.63) is 0 Å². The molecule has 0 aromatic heterocycles. The van der Waals surface area contributed by atoms with Gasteiger partial charge in [0.25, 0.3) is 0 Å². The van der Waals surface area contributed by atoms with E-state index in [0.29, 0.717) is 12.8 Å². The topological polar surface area (TPSA) is 127 Å². The van der Waals surface area contributed by atoms with E-state index in [1.54, 1.807) is 0 Å². The maximum Gasteiger partial charge on any atom is 0.243 e. The van der Waals surface area contributed by atoms with Crippen LogP contribution in [0.5, 0.6) is 0 Å². The molecular formula is C12H24N4O3. The number of hydrogen-bond donors (Lipinski definition) is 4. The van der Waals surface area contributed by atoms with E-state index in [1.807, 2.05) is 13.8 Å². The van der Waals surface area contributed by atoms with Crippen LogP contribution in [0.2, 0.25) is 0 Å². The Bertz CT molecular complexity index is 331. The Morgan fingerprint density at radius 2 is 1.68 bits per heavy atom. The predicted octanol–water partition coefficient (Wildman–Crippen LogP) is -1.14. The van der Waals surface area contributed by atoms with Gasteiger partial charge in [-0.3, -0.25) is 14.4 Å². The molecule has 0 spiro atoms. The lowest BCUT2D eigenvalue weighted by Crippen LogP contribution is -2.53. The molecule has 3 amide bonds. The Balaban J connectivity index is 4.65. The average molecular weight is 272 g/mol. The summed E-state index contributed by atoms with van der Waals surface area (Å²) >= 11 is 0. The van der Waals surface area contributed by atoms with E-state index in [4.69, 9.17) is 11.5 Å². The van der Waals surface area contributed by atoms with Crippen molar-refractivity contribution in [1.82, 2.24) is 10.6 Å². The fourth-order valence-corrected chi connectivity index (χ4v) is 1.67. The van der Waals surface area contributed by atoms with Crippen LogP contribution in [-0.4, -0.2) is 36.3 Å². The summed E-state index contributed by atoms with van der Waals surface area (Å²) in [7, 11) is 0. The monoisotopic (exact) mass is 272 g/mol. The molecule has 0 aromatic rings. The lowest BCUT2D eigenvalue weighted by atomic mass is 10.0. The minimum Gasteiger partial charge on any atom is -0.368 e. The molecule has 0 fully saturated rings. The van der Waals surface area contributed by atoms with E-state index < -0.39 is 23.9 Å². The Labute approximate surface area is 113 Å². The molecule has 0 radical (unpaired) electrons. The van der Waals surface area contributed by atoms with Crippen molar-refractivity contribution in [2.45, 2.75) is 45.7 Å². The first-order valence-corrected chi connectivity index (χ1v) is 6.34. The van der Waals surface area contributed by atoms with E-state index >= 15 is 0 Å². The number of primary amides is 1. The van der Waals surface area contributed by atoms with Gasteiger partial charge in [0.2, 0.25) is 17.7 Å². The number of carbonyl (C=O) groups is 3. The summed E-state index contributed by atoms with van der Waals surface area (Å²) < 4.78 is 0. The van der Waals surface area contributed by atoms with Crippen LogP contribution >= 0.6 is 0 Å². The zero-order valence-corrected chi connectivity index (χ0v) is 11.7. The van der Waals surface area contributed by atoms with E-state index in [2.05, 4.69) is 10.6 Å². The lowest BCUT2D eigenvalue weighted by Gasteiger charge is -2.22. The minimum atomic E-state index is -0.739. The highest BCUT2D eigenvalue weighted by Crippen LogP contribution is 2.05. The van der Waals surface area contributed by atoms with Crippen LogP contribution in [-0.2, 0) is 14.4 Å². The highest BCUT2D eigenvalue weighted by atomic mass is 16.2. The van der Waals surface area contributed by atoms with Crippen molar-refractivity contribution < 1.29 is 14.4 Å². The number of carbonyl (C=O) groups excluding carboxylic acids is 3. The highest BCUT2D eigenvalue weighted by molar-refractivity contribution is 5.91. The van der Waals surface area contributed by atoms with Gasteiger partial charge in [-0.25, -0.2) is 0 Å². The summed E-state index contributed by atoms with van der Waals surface area (Å²) in [6.07, 6.45) is 0.759. The van der Waals surface area contributed by atoms with E-state index in [1.165, 1.54) is 6.92 Å². The maximum atomic E-state index is 12.0. The van der Waals surface area contributed by atoms with Crippen LogP contribution in [0, 0.1) is 5.92 Å². The van der Waals surface area contributed by atoms with Crippen LogP contribution in [0.4, 0.5) is 0 Å². The third-order valence-corrected chi connectivity index (χ3v) is 2.52. The first-order chi connectivity index (χ1) is 8.77. The number of nitrogens with one attached hydrogen (secondary N) is 2. The van der Waals surface area contributed by atoms with E-state index in [0.717, 1.165) is 0 Å². The molecule has 2 unspecified atom stereocenters. The second-order valence-electron chi connectivity index (χ2n) is 4.92. The van der Waals surface area contributed by atoms with Crippen molar-refractivity contribution in [1.29, 1.82) is 0 Å². The van der Waals surface area contributed by atoms with Crippen LogP contribution < -0.4 is 22.1 Å². The predicted molar refractivity (Wildman–Crippen MR) is 71.9 cm³/mol. The first-order valence-electron chi connectivity index (χ1n) is 6.34. The quantitative estimate of drug-likeness (QED) is 0.445. The number of hydrogen-bond acceptors (Lipinski definition) is 4. The molecule has 0 saturated carbocycles. The molecule has 0 bridgehead atoms. The zero-order chi connectivity index (χ0) is 15.0. The van der Waals surface area contributed by atoms with Crippen molar-refractivity contribution in [3.8, 4) is 0 Å². The van der Waals surface area contributed by atoms with Gasteiger partial charge in [-0.15, -0.1) is 0 Å². The molecule has 19 heavy (non-hydrogen) atoms. The summed E-state index contributed by atoms with van der Waals surface area (Å²) in [4.78, 5) is 34.3. The molecule has 0 heterocycles. The summed E-state index contributed by atoms with van der Waals surface area (Å²) in [6, 6.07) is -1.47. The third-order valence-electron chi connectivity index (χ3n) is 2.52. The molecule has 0 aliphatic rings. The Hall–Kier alpha value is -1.63. The van der Waals surface area contributed by atoms with Gasteiger partial charge in [-0.1, -0.05) is 13.8 Å². The average Bonchev–Trinajstić information content (AvgIpc) is 2.26. The molecule has 0 aromatic carbocycles. The summed E-state index contributed by atoms with van der Waals surface area (Å²) in [5.74, 6) is -1.14. The first kappa shape index (κ1) is 17.4. The van der Waals surface area contributed by atoms with Gasteiger partial charge >= 0.3 is 0 Å². The SMILES string of the molecule is CC(=O)NC(CCN)C(=O)NC(CC(C)C)C(N)=O. The normalized spacial score (nSPS) is 13.7. The van der Waals surface area contributed by atoms with Gasteiger partial charge in [0.15, 0.2) is 0 Å². The Morgan fingerprint density at radius 3 is 2.05 bits per heavy atom. The molecule has 0 aliphatic carbocycles. The van der Waals surface area contributed by atoms with Gasteiger partial charge in [0.05, 0.1) is 0 Å². The van der Waals surface area contributed by atoms with Gasteiger partial charge in [-0.2, -0.15) is 0 Å². The molecule has 2 atom stereocenters. The molecule has 7 heteroatoms. The van der Waals surface area contributed by atoms with Crippen LogP contribution in [0.3, 0.4) is 0 Å². The molecule has 0 rings (SSSR count). The van der Waals surface area contributed by atoms with Gasteiger partial charge in [0, 0.05) is 6.92 Å². The zero-order valence-electron chi connectivity index (χ0n) is 11.7. The van der Waals surface area contributed by atoms with Crippen LogP contribution in [0.25, 0.3) is 0 Å². The fourth-order valence-electron chi connectivity index (χ4n) is 1.67. The second-order valence-corrected chi connectivity index (χ2v) is 4.92. The molecule has 0 aliphatic heterocycles. The van der Waals surface area contributed by atoms with E-state index in [9.17, 15) is 14.4 Å². The van der Waals surface area contributed by atoms with Crippen molar-refractivity contribution in [3.63, 3.8) is 0 Å². The number of amides is 3. The molecule has 110 valence electrons. The summed E-state index contributed by atoms with van der Waals surface area (Å²) in [5.41, 5.74) is 10.6. The molecular weight excluding hydrogens is 248 g/mol. The smallest absolute Gasteiger partial charge is 0.243 e. The third kappa shape index (κ3) is 7.40. The van der Waals surface area contributed by atoms with Crippen LogP contribution in [0.15, 0.2) is 0 Å². The summed E-state index contributed by atoms with van der Waals surface area (Å²) in [6.45, 7) is 5.42. The second kappa shape index (κ2) is 8.47. The minimum absolute atomic E-state index is 0.214. The van der Waals surface area contributed by atoms with Crippen LogP contribution in [0.1, 0.15) is 33.6 Å². The number of nitrogens with two attached hydrogens (primary N) is 2.